The van der Waals surface area contributed by atoms with Crippen LogP contribution in [0.5, 0.6) is 5.75 Å². The smallest absolute Gasteiger partial charge is 0.222 e. The zero-order valence-corrected chi connectivity index (χ0v) is 20.5. The number of H-pyrrole nitrogens is 1. The summed E-state index contributed by atoms with van der Waals surface area (Å²) in [5, 5.41) is 10.1. The molecule has 6 heteroatoms. The molecule has 0 spiro atoms. The highest BCUT2D eigenvalue weighted by Crippen LogP contribution is 2.32. The van der Waals surface area contributed by atoms with Gasteiger partial charge in [0.1, 0.15) is 10.8 Å². The fraction of sp³-hybridized carbons (Fsp3) is 0.481. The minimum absolute atomic E-state index is 0.273. The third-order valence-corrected chi connectivity index (χ3v) is 8.03. The van der Waals surface area contributed by atoms with Crippen molar-refractivity contribution in [2.24, 2.45) is 0 Å². The fourth-order valence-electron chi connectivity index (χ4n) is 4.35. The van der Waals surface area contributed by atoms with Gasteiger partial charge in [-0.1, -0.05) is 69.6 Å². The number of aromatic nitrogens is 1. The number of nitrogens with one attached hydrogen (secondary N) is 1. The van der Waals surface area contributed by atoms with Crippen LogP contribution in [0.25, 0.3) is 10.9 Å². The van der Waals surface area contributed by atoms with Crippen molar-refractivity contribution in [3.8, 4) is 5.75 Å². The quantitative estimate of drug-likeness (QED) is 0.250. The molecular weight excluding hydrogens is 434 g/mol. The number of hydrogen-bond donors (Lipinski definition) is 2. The van der Waals surface area contributed by atoms with Crippen molar-refractivity contribution in [3.05, 3.63) is 54.1 Å². The number of methoxy groups -OCH3 is 1. The average molecular weight is 472 g/mol. The number of para-hydroxylation sites is 1. The molecule has 0 aliphatic rings. The van der Waals surface area contributed by atoms with Crippen molar-refractivity contribution in [1.82, 2.24) is 4.98 Å². The van der Waals surface area contributed by atoms with E-state index in [1.165, 1.54) is 38.5 Å². The lowest BCUT2D eigenvalue weighted by Crippen LogP contribution is -2.05. The van der Waals surface area contributed by atoms with Crippen molar-refractivity contribution < 1.29 is 18.3 Å². The molecule has 5 nitrogen and oxygen atoms in total. The molecule has 0 fully saturated rings. The van der Waals surface area contributed by atoms with Crippen LogP contribution in [0.2, 0.25) is 0 Å². The first-order valence-electron chi connectivity index (χ1n) is 12.2. The molecule has 2 N–H and O–H groups in total. The Labute approximate surface area is 198 Å². The zero-order chi connectivity index (χ0) is 23.5. The molecule has 3 rings (SSSR count). The molecular formula is C27H37NO4S. The van der Waals surface area contributed by atoms with Crippen LogP contribution in [0.15, 0.2) is 58.5 Å². The molecule has 33 heavy (non-hydrogen) atoms. The Kier molecular flexibility index (Phi) is 9.82. The van der Waals surface area contributed by atoms with Gasteiger partial charge in [0.2, 0.25) is 9.84 Å². The summed E-state index contributed by atoms with van der Waals surface area (Å²) < 4.78 is 32.0. The van der Waals surface area contributed by atoms with Crippen LogP contribution >= 0.6 is 0 Å². The van der Waals surface area contributed by atoms with Gasteiger partial charge in [0, 0.05) is 17.5 Å². The summed E-state index contributed by atoms with van der Waals surface area (Å²) in [5.41, 5.74) is 1.76. The highest BCUT2D eigenvalue weighted by Gasteiger charge is 2.25. The normalized spacial score (nSPS) is 11.8. The standard InChI is InChI=1S/C27H37NO4S/c1-32-22-17-19-23(20-18-22)33(30,31)27-25(24-14-11-12-16-26(24)28-27)15-10-8-6-4-2-3-5-7-9-13-21-29/h11-12,14,16-20,28-29H,2-10,13,15,21H2,1H3. The Morgan fingerprint density at radius 3 is 1.97 bits per heavy atom. The van der Waals surface area contributed by atoms with Crippen LogP contribution in [0, 0.1) is 0 Å². The van der Waals surface area contributed by atoms with E-state index in [0.29, 0.717) is 17.4 Å². The van der Waals surface area contributed by atoms with E-state index < -0.39 is 9.84 Å². The molecule has 0 unspecified atom stereocenters. The number of benzene rings is 2. The second kappa shape index (κ2) is 12.8. The molecule has 0 saturated heterocycles. The van der Waals surface area contributed by atoms with E-state index in [1.807, 2.05) is 24.3 Å². The molecule has 0 aliphatic heterocycles. The lowest BCUT2D eigenvalue weighted by molar-refractivity contribution is 0.282. The van der Waals surface area contributed by atoms with Crippen molar-refractivity contribution >= 4 is 20.7 Å². The Balaban J connectivity index is 1.60. The number of rotatable bonds is 15. The van der Waals surface area contributed by atoms with Gasteiger partial charge in [-0.15, -0.1) is 0 Å². The third kappa shape index (κ3) is 6.84. The Bertz CT molecular complexity index is 1090. The Morgan fingerprint density at radius 2 is 1.36 bits per heavy atom. The molecule has 0 saturated carbocycles. The summed E-state index contributed by atoms with van der Waals surface area (Å²) in [4.78, 5) is 3.46. The monoisotopic (exact) mass is 471 g/mol. The Hall–Kier alpha value is -2.31. The molecule has 1 heterocycles. The zero-order valence-electron chi connectivity index (χ0n) is 19.7. The molecule has 0 aliphatic carbocycles. The maximum atomic E-state index is 13.4. The number of unbranched alkanes of at least 4 members (excludes halogenated alkanes) is 9. The van der Waals surface area contributed by atoms with Gasteiger partial charge in [0.25, 0.3) is 0 Å². The minimum atomic E-state index is -3.65. The van der Waals surface area contributed by atoms with Gasteiger partial charge in [-0.05, 0) is 55.2 Å². The molecule has 1 aromatic heterocycles. The molecule has 0 atom stereocenters. The number of sulfone groups is 1. The predicted octanol–water partition coefficient (Wildman–Crippen LogP) is 6.45. The van der Waals surface area contributed by atoms with Gasteiger partial charge in [-0.25, -0.2) is 8.42 Å². The van der Waals surface area contributed by atoms with Gasteiger partial charge >= 0.3 is 0 Å². The summed E-state index contributed by atoms with van der Waals surface area (Å²) in [6.45, 7) is 0.305. The largest absolute Gasteiger partial charge is 0.497 e. The van der Waals surface area contributed by atoms with Gasteiger partial charge in [-0.3, -0.25) is 0 Å². The predicted molar refractivity (Wildman–Crippen MR) is 134 cm³/mol. The van der Waals surface area contributed by atoms with E-state index in [1.54, 1.807) is 31.4 Å². The maximum absolute atomic E-state index is 13.4. The highest BCUT2D eigenvalue weighted by atomic mass is 32.2. The second-order valence-electron chi connectivity index (χ2n) is 8.67. The van der Waals surface area contributed by atoms with Crippen molar-refractivity contribution in [1.29, 1.82) is 0 Å². The first kappa shape index (κ1) is 25.3. The van der Waals surface area contributed by atoms with E-state index in [2.05, 4.69) is 4.98 Å². The van der Waals surface area contributed by atoms with Crippen LogP contribution in [0.3, 0.4) is 0 Å². The number of aliphatic hydroxyl groups excluding tert-OH is 1. The van der Waals surface area contributed by atoms with Gasteiger partial charge in [0.15, 0.2) is 0 Å². The van der Waals surface area contributed by atoms with E-state index in [9.17, 15) is 8.42 Å². The fourth-order valence-corrected chi connectivity index (χ4v) is 5.86. The molecule has 2 aromatic carbocycles. The van der Waals surface area contributed by atoms with Crippen LogP contribution in [0.1, 0.15) is 69.8 Å². The molecule has 0 radical (unpaired) electrons. The maximum Gasteiger partial charge on any atom is 0.222 e. The molecule has 180 valence electrons. The molecule has 0 bridgehead atoms. The third-order valence-electron chi connectivity index (χ3n) is 6.25. The van der Waals surface area contributed by atoms with Crippen LogP contribution in [0.4, 0.5) is 0 Å². The van der Waals surface area contributed by atoms with Crippen LogP contribution in [-0.2, 0) is 16.3 Å². The first-order chi connectivity index (χ1) is 16.1. The number of aliphatic hydroxyl groups is 1. The van der Waals surface area contributed by atoms with Gasteiger partial charge in [0.05, 0.1) is 12.0 Å². The second-order valence-corrected chi connectivity index (χ2v) is 10.6. The van der Waals surface area contributed by atoms with Crippen molar-refractivity contribution in [3.63, 3.8) is 0 Å². The molecule has 3 aromatic rings. The lowest BCUT2D eigenvalue weighted by atomic mass is 10.0. The highest BCUT2D eigenvalue weighted by molar-refractivity contribution is 7.91. The summed E-state index contributed by atoms with van der Waals surface area (Å²) in [6.07, 6.45) is 12.3. The van der Waals surface area contributed by atoms with Crippen LogP contribution < -0.4 is 4.74 Å². The summed E-state index contributed by atoms with van der Waals surface area (Å²) in [6, 6.07) is 14.4. The van der Waals surface area contributed by atoms with Crippen molar-refractivity contribution in [2.45, 2.75) is 80.6 Å². The topological polar surface area (TPSA) is 79.4 Å². The van der Waals surface area contributed by atoms with E-state index in [4.69, 9.17) is 9.84 Å². The van der Waals surface area contributed by atoms with E-state index >= 15 is 0 Å². The lowest BCUT2D eigenvalue weighted by Gasteiger charge is -2.08. The van der Waals surface area contributed by atoms with Crippen LogP contribution in [-0.4, -0.2) is 32.2 Å². The summed E-state index contributed by atoms with van der Waals surface area (Å²) >= 11 is 0. The van der Waals surface area contributed by atoms with E-state index in [0.717, 1.165) is 48.6 Å². The van der Waals surface area contributed by atoms with Gasteiger partial charge < -0.3 is 14.8 Å². The number of hydrogen-bond acceptors (Lipinski definition) is 4. The summed E-state index contributed by atoms with van der Waals surface area (Å²) in [7, 11) is -2.08. The summed E-state index contributed by atoms with van der Waals surface area (Å²) in [5.74, 6) is 0.635. The first-order valence-corrected chi connectivity index (χ1v) is 13.7. The SMILES string of the molecule is COc1ccc(S(=O)(=O)c2[nH]c3ccccc3c2CCCCCCCCCCCCO)cc1. The van der Waals surface area contributed by atoms with Gasteiger partial charge in [-0.2, -0.15) is 0 Å². The Morgan fingerprint density at radius 1 is 0.788 bits per heavy atom. The number of aromatic amines is 1. The average Bonchev–Trinajstić information content (AvgIpc) is 3.22. The number of fused-ring (bicyclic) bond motifs is 1. The van der Waals surface area contributed by atoms with E-state index in [-0.39, 0.29) is 4.90 Å². The molecule has 0 amide bonds. The minimum Gasteiger partial charge on any atom is -0.497 e. The van der Waals surface area contributed by atoms with Crippen molar-refractivity contribution in [2.75, 3.05) is 13.7 Å². The number of aryl methyl sites for hydroxylation is 1. The number of ether oxygens (including phenoxy) is 1.